The number of benzene rings is 1. The molecule has 0 heterocycles. The van der Waals surface area contributed by atoms with Gasteiger partial charge in [0, 0.05) is 5.56 Å². The summed E-state index contributed by atoms with van der Waals surface area (Å²) in [6.45, 7) is 0. The first-order valence-corrected chi connectivity index (χ1v) is 3.99. The van der Waals surface area contributed by atoms with Crippen molar-refractivity contribution < 1.29 is 4.84 Å². The van der Waals surface area contributed by atoms with Crippen LogP contribution in [0.5, 0.6) is 0 Å². The van der Waals surface area contributed by atoms with Crippen molar-refractivity contribution in [2.75, 3.05) is 7.11 Å². The van der Waals surface area contributed by atoms with Crippen LogP contribution in [0.4, 0.5) is 0 Å². The first kappa shape index (κ1) is 7.37. The fourth-order valence-electron chi connectivity index (χ4n) is 1.49. The molecule has 2 heteroatoms. The van der Waals surface area contributed by atoms with E-state index >= 15 is 0 Å². The van der Waals surface area contributed by atoms with E-state index in [-0.39, 0.29) is 0 Å². The van der Waals surface area contributed by atoms with Crippen molar-refractivity contribution in [3.05, 3.63) is 41.5 Å². The van der Waals surface area contributed by atoms with Crippen molar-refractivity contribution in [1.29, 1.82) is 0 Å². The molecule has 0 atom stereocenters. The quantitative estimate of drug-likeness (QED) is 0.667. The molecule has 0 saturated carbocycles. The molecule has 1 aliphatic rings. The van der Waals surface area contributed by atoms with Gasteiger partial charge in [-0.25, -0.2) is 0 Å². The maximum atomic E-state index is 4.86. The second-order valence-electron chi connectivity index (χ2n) is 2.79. The zero-order valence-corrected chi connectivity index (χ0v) is 7.00. The molecule has 1 aromatic carbocycles. The van der Waals surface area contributed by atoms with Gasteiger partial charge in [0.2, 0.25) is 0 Å². The van der Waals surface area contributed by atoms with Crippen LogP contribution in [0.15, 0.2) is 30.3 Å². The summed E-state index contributed by atoms with van der Waals surface area (Å²) in [5, 5.41) is 0. The molecule has 0 bridgehead atoms. The molecule has 62 valence electrons. The summed E-state index contributed by atoms with van der Waals surface area (Å²) in [5.41, 5.74) is 6.55. The molecule has 0 saturated heterocycles. The van der Waals surface area contributed by atoms with Gasteiger partial charge in [0.15, 0.2) is 0 Å². The van der Waals surface area contributed by atoms with Crippen LogP contribution < -0.4 is 5.48 Å². The number of hydrogen-bond acceptors (Lipinski definition) is 2. The lowest BCUT2D eigenvalue weighted by atomic mass is 10.1. The molecule has 1 N–H and O–H groups in total. The Morgan fingerprint density at radius 2 is 2.17 bits per heavy atom. The lowest BCUT2D eigenvalue weighted by molar-refractivity contribution is 0.137. The largest absolute Gasteiger partial charge is 0.279 e. The van der Waals surface area contributed by atoms with E-state index in [1.807, 2.05) is 6.07 Å². The van der Waals surface area contributed by atoms with E-state index in [9.17, 15) is 0 Å². The average Bonchev–Trinajstić information content (AvgIpc) is 2.50. The molecular formula is C10H11NO. The van der Waals surface area contributed by atoms with E-state index in [4.69, 9.17) is 4.84 Å². The van der Waals surface area contributed by atoms with Crippen LogP contribution >= 0.6 is 0 Å². The number of allylic oxidation sites excluding steroid dienone is 1. The van der Waals surface area contributed by atoms with Crippen molar-refractivity contribution in [3.63, 3.8) is 0 Å². The van der Waals surface area contributed by atoms with E-state index in [1.165, 1.54) is 11.1 Å². The first-order valence-electron chi connectivity index (χ1n) is 3.99. The minimum absolute atomic E-state index is 1.00. The minimum atomic E-state index is 1.00. The third-order valence-corrected chi connectivity index (χ3v) is 2.05. The third kappa shape index (κ3) is 1.10. The highest BCUT2D eigenvalue weighted by Gasteiger charge is 2.11. The van der Waals surface area contributed by atoms with E-state index in [0.29, 0.717) is 0 Å². The predicted octanol–water partition coefficient (Wildman–Crippen LogP) is 1.73. The van der Waals surface area contributed by atoms with Crippen LogP contribution in [0.3, 0.4) is 0 Å². The molecule has 1 aliphatic carbocycles. The normalized spacial score (nSPS) is 13.9. The highest BCUT2D eigenvalue weighted by molar-refractivity contribution is 5.70. The molecule has 0 amide bonds. The van der Waals surface area contributed by atoms with Gasteiger partial charge in [0.1, 0.15) is 0 Å². The highest BCUT2D eigenvalue weighted by atomic mass is 16.6. The van der Waals surface area contributed by atoms with Crippen LogP contribution in [-0.2, 0) is 11.3 Å². The molecule has 0 unspecified atom stereocenters. The van der Waals surface area contributed by atoms with Crippen LogP contribution in [0.25, 0.3) is 5.70 Å². The Kier molecular flexibility index (Phi) is 1.84. The van der Waals surface area contributed by atoms with Gasteiger partial charge in [-0.3, -0.25) is 10.3 Å². The van der Waals surface area contributed by atoms with Crippen LogP contribution in [0, 0.1) is 0 Å². The molecule has 12 heavy (non-hydrogen) atoms. The summed E-state index contributed by atoms with van der Waals surface area (Å²) < 4.78 is 0. The van der Waals surface area contributed by atoms with Crippen molar-refractivity contribution in [1.82, 2.24) is 5.48 Å². The summed E-state index contributed by atoms with van der Waals surface area (Å²) in [6, 6.07) is 8.33. The Labute approximate surface area is 71.8 Å². The van der Waals surface area contributed by atoms with Crippen molar-refractivity contribution >= 4 is 5.70 Å². The molecule has 0 spiro atoms. The smallest absolute Gasteiger partial charge is 0.0643 e. The maximum Gasteiger partial charge on any atom is 0.0643 e. The van der Waals surface area contributed by atoms with Crippen molar-refractivity contribution in [3.8, 4) is 0 Å². The lowest BCUT2D eigenvalue weighted by Gasteiger charge is -2.05. The van der Waals surface area contributed by atoms with E-state index in [0.717, 1.165) is 12.1 Å². The van der Waals surface area contributed by atoms with Gasteiger partial charge in [-0.05, 0) is 12.0 Å². The third-order valence-electron chi connectivity index (χ3n) is 2.05. The zero-order chi connectivity index (χ0) is 8.39. The molecule has 0 aromatic heterocycles. The standard InChI is InChI=1S/C10H11NO/c1-12-11-10-7-6-8-4-2-3-5-9(8)10/h2-5,7,11H,6H2,1H3. The molecule has 2 nitrogen and oxygen atoms in total. The monoisotopic (exact) mass is 161 g/mol. The Balaban J connectivity index is 2.32. The summed E-state index contributed by atoms with van der Waals surface area (Å²) >= 11 is 0. The van der Waals surface area contributed by atoms with Gasteiger partial charge in [-0.2, -0.15) is 0 Å². The Hall–Kier alpha value is -1.28. The summed E-state index contributed by atoms with van der Waals surface area (Å²) in [7, 11) is 1.63. The predicted molar refractivity (Wildman–Crippen MR) is 48.3 cm³/mol. The van der Waals surface area contributed by atoms with Crippen LogP contribution in [0.2, 0.25) is 0 Å². The average molecular weight is 161 g/mol. The SMILES string of the molecule is CONC1=CCc2ccccc21. The van der Waals surface area contributed by atoms with Crippen LogP contribution in [0.1, 0.15) is 11.1 Å². The van der Waals surface area contributed by atoms with Gasteiger partial charge >= 0.3 is 0 Å². The van der Waals surface area contributed by atoms with Crippen molar-refractivity contribution in [2.45, 2.75) is 6.42 Å². The van der Waals surface area contributed by atoms with Crippen molar-refractivity contribution in [2.24, 2.45) is 0 Å². The fraction of sp³-hybridized carbons (Fsp3) is 0.200. The highest BCUT2D eigenvalue weighted by Crippen LogP contribution is 2.24. The number of rotatable bonds is 2. The molecule has 2 rings (SSSR count). The summed E-state index contributed by atoms with van der Waals surface area (Å²) in [4.78, 5) is 4.86. The van der Waals surface area contributed by atoms with Gasteiger partial charge in [0.05, 0.1) is 12.8 Å². The number of fused-ring (bicyclic) bond motifs is 1. The molecule has 0 aliphatic heterocycles. The second kappa shape index (κ2) is 2.99. The lowest BCUT2D eigenvalue weighted by Crippen LogP contribution is -2.08. The Morgan fingerprint density at radius 3 is 3.00 bits per heavy atom. The molecule has 0 fully saturated rings. The van der Waals surface area contributed by atoms with Crippen LogP contribution in [-0.4, -0.2) is 7.11 Å². The van der Waals surface area contributed by atoms with E-state index < -0.39 is 0 Å². The van der Waals surface area contributed by atoms with E-state index in [2.05, 4.69) is 29.8 Å². The number of hydroxylamine groups is 1. The fourth-order valence-corrected chi connectivity index (χ4v) is 1.49. The van der Waals surface area contributed by atoms with Gasteiger partial charge in [0.25, 0.3) is 0 Å². The topological polar surface area (TPSA) is 21.3 Å². The summed E-state index contributed by atoms with van der Waals surface area (Å²) in [5.74, 6) is 0. The zero-order valence-electron chi connectivity index (χ0n) is 7.00. The van der Waals surface area contributed by atoms with Gasteiger partial charge in [-0.1, -0.05) is 30.3 Å². The van der Waals surface area contributed by atoms with Gasteiger partial charge in [-0.15, -0.1) is 0 Å². The molecule has 0 radical (unpaired) electrons. The Morgan fingerprint density at radius 1 is 1.33 bits per heavy atom. The van der Waals surface area contributed by atoms with Gasteiger partial charge < -0.3 is 0 Å². The number of hydrogen-bond donors (Lipinski definition) is 1. The second-order valence-corrected chi connectivity index (χ2v) is 2.79. The Bertz CT molecular complexity index is 317. The maximum absolute atomic E-state index is 4.86. The molecular weight excluding hydrogens is 150 g/mol. The minimum Gasteiger partial charge on any atom is -0.279 e. The van der Waals surface area contributed by atoms with E-state index in [1.54, 1.807) is 7.11 Å². The first-order chi connectivity index (χ1) is 5.92. The molecule has 1 aromatic rings. The number of nitrogens with one attached hydrogen (secondary N) is 1. The summed E-state index contributed by atoms with van der Waals surface area (Å²) in [6.07, 6.45) is 3.13.